The first kappa shape index (κ1) is 12.0. The normalized spacial score (nSPS) is 11.2. The summed E-state index contributed by atoms with van der Waals surface area (Å²) in [5, 5.41) is 13.4. The number of hydrogen-bond donors (Lipinski definition) is 1. The van der Waals surface area contributed by atoms with Crippen molar-refractivity contribution >= 4 is 29.8 Å². The van der Waals surface area contributed by atoms with Gasteiger partial charge < -0.3 is 0 Å². The minimum atomic E-state index is 0.482. The first-order valence-corrected chi connectivity index (χ1v) is 6.94. The summed E-state index contributed by atoms with van der Waals surface area (Å²) in [4.78, 5) is 1.03. The Balaban J connectivity index is 2.00. The molecule has 0 saturated carbocycles. The summed E-state index contributed by atoms with van der Waals surface area (Å²) >= 11 is 6.80. The Hall–Kier alpha value is -2.05. The summed E-state index contributed by atoms with van der Waals surface area (Å²) in [6, 6.07) is 13.8. The summed E-state index contributed by atoms with van der Waals surface area (Å²) in [6.07, 6.45) is 1.77. The molecule has 19 heavy (non-hydrogen) atoms. The molecule has 0 aliphatic heterocycles. The highest BCUT2D eigenvalue weighted by Crippen LogP contribution is 2.22. The van der Waals surface area contributed by atoms with Gasteiger partial charge in [0.05, 0.1) is 11.1 Å². The maximum Gasteiger partial charge on any atom is 0.216 e. The number of aromatic nitrogens is 3. The van der Waals surface area contributed by atoms with Crippen molar-refractivity contribution in [3.8, 4) is 10.7 Å². The van der Waals surface area contributed by atoms with E-state index < -0.39 is 0 Å². The van der Waals surface area contributed by atoms with Crippen LogP contribution in [0.2, 0.25) is 0 Å². The average molecular weight is 286 g/mol. The molecular formula is C13H10N4S2. The Kier molecular flexibility index (Phi) is 3.35. The van der Waals surface area contributed by atoms with E-state index in [-0.39, 0.29) is 0 Å². The van der Waals surface area contributed by atoms with Crippen LogP contribution >= 0.6 is 23.6 Å². The van der Waals surface area contributed by atoms with Gasteiger partial charge in [-0.15, -0.1) is 11.3 Å². The average Bonchev–Trinajstić information content (AvgIpc) is 3.07. The number of thiophene rings is 1. The van der Waals surface area contributed by atoms with Gasteiger partial charge in [0.2, 0.25) is 4.77 Å². The molecule has 0 bridgehead atoms. The largest absolute Gasteiger partial charge is 0.250 e. The van der Waals surface area contributed by atoms with Crippen molar-refractivity contribution in [3.63, 3.8) is 0 Å². The first-order valence-electron chi connectivity index (χ1n) is 5.65. The Bertz CT molecular complexity index is 739. The van der Waals surface area contributed by atoms with Gasteiger partial charge in [-0.25, -0.2) is 5.10 Å². The highest BCUT2D eigenvalue weighted by Gasteiger charge is 2.08. The fraction of sp³-hybridized carbons (Fsp3) is 0. The molecule has 0 aliphatic carbocycles. The number of aromatic amines is 1. The predicted molar refractivity (Wildman–Crippen MR) is 80.2 cm³/mol. The lowest BCUT2D eigenvalue weighted by Gasteiger charge is -1.97. The summed E-state index contributed by atoms with van der Waals surface area (Å²) in [5.41, 5.74) is 1.02. The number of H-pyrrole nitrogens is 1. The van der Waals surface area contributed by atoms with E-state index in [1.54, 1.807) is 22.2 Å². The molecule has 0 spiro atoms. The van der Waals surface area contributed by atoms with Crippen LogP contribution in [0.3, 0.4) is 0 Å². The second kappa shape index (κ2) is 5.29. The zero-order valence-electron chi connectivity index (χ0n) is 9.85. The van der Waals surface area contributed by atoms with Crippen LogP contribution in [-0.4, -0.2) is 21.1 Å². The summed E-state index contributed by atoms with van der Waals surface area (Å²) < 4.78 is 2.12. The molecule has 0 fully saturated rings. The quantitative estimate of drug-likeness (QED) is 0.591. The molecule has 0 aliphatic rings. The highest BCUT2D eigenvalue weighted by molar-refractivity contribution is 7.71. The van der Waals surface area contributed by atoms with Crippen molar-refractivity contribution in [2.45, 2.75) is 0 Å². The van der Waals surface area contributed by atoms with Crippen molar-refractivity contribution < 1.29 is 0 Å². The van der Waals surface area contributed by atoms with Crippen molar-refractivity contribution in [2.75, 3.05) is 0 Å². The third-order valence-electron chi connectivity index (χ3n) is 2.51. The molecule has 3 aromatic rings. The summed E-state index contributed by atoms with van der Waals surface area (Å²) in [7, 11) is 0. The van der Waals surface area contributed by atoms with Crippen molar-refractivity contribution in [1.29, 1.82) is 0 Å². The maximum absolute atomic E-state index is 5.20. The zero-order valence-corrected chi connectivity index (χ0v) is 11.5. The fourth-order valence-corrected chi connectivity index (χ4v) is 2.51. The second-order valence-electron chi connectivity index (χ2n) is 3.80. The first-order chi connectivity index (χ1) is 9.34. The van der Waals surface area contributed by atoms with Crippen LogP contribution in [0.1, 0.15) is 5.56 Å². The van der Waals surface area contributed by atoms with Crippen molar-refractivity contribution in [2.24, 2.45) is 5.10 Å². The molecule has 0 amide bonds. The van der Waals surface area contributed by atoms with Gasteiger partial charge in [0.25, 0.3) is 0 Å². The molecule has 0 saturated heterocycles. The lowest BCUT2D eigenvalue weighted by Crippen LogP contribution is -1.93. The van der Waals surface area contributed by atoms with Crippen LogP contribution in [0.25, 0.3) is 10.7 Å². The number of nitrogens with one attached hydrogen (secondary N) is 1. The Morgan fingerprint density at radius 3 is 2.79 bits per heavy atom. The molecule has 94 valence electrons. The molecule has 4 nitrogen and oxygen atoms in total. The molecular weight excluding hydrogens is 276 g/mol. The molecule has 0 unspecified atom stereocenters. The SMILES string of the molecule is S=c1[nH]nc(-c2cccs2)n1/N=C/c1ccccc1. The van der Waals surface area contributed by atoms with Crippen LogP contribution in [0.5, 0.6) is 0 Å². The van der Waals surface area contributed by atoms with E-state index in [0.29, 0.717) is 4.77 Å². The summed E-state index contributed by atoms with van der Waals surface area (Å²) in [6.45, 7) is 0. The van der Waals surface area contributed by atoms with Gasteiger partial charge in [0.1, 0.15) is 0 Å². The van der Waals surface area contributed by atoms with Crippen LogP contribution < -0.4 is 0 Å². The third kappa shape index (κ3) is 2.54. The molecule has 0 radical (unpaired) electrons. The van der Waals surface area contributed by atoms with E-state index in [1.165, 1.54) is 0 Å². The van der Waals surface area contributed by atoms with Gasteiger partial charge in [-0.3, -0.25) is 0 Å². The highest BCUT2D eigenvalue weighted by atomic mass is 32.1. The topological polar surface area (TPSA) is 46.0 Å². The lowest BCUT2D eigenvalue weighted by molar-refractivity contribution is 0.873. The van der Waals surface area contributed by atoms with Gasteiger partial charge in [0.15, 0.2) is 5.82 Å². The fourth-order valence-electron chi connectivity index (χ4n) is 1.63. The van der Waals surface area contributed by atoms with Crippen molar-refractivity contribution in [1.82, 2.24) is 14.9 Å². The second-order valence-corrected chi connectivity index (χ2v) is 5.13. The van der Waals surface area contributed by atoms with Crippen molar-refractivity contribution in [3.05, 3.63) is 58.2 Å². The van der Waals surface area contributed by atoms with E-state index >= 15 is 0 Å². The molecule has 0 atom stereocenters. The van der Waals surface area contributed by atoms with Gasteiger partial charge in [-0.05, 0) is 29.2 Å². The third-order valence-corrected chi connectivity index (χ3v) is 3.64. The van der Waals surface area contributed by atoms with E-state index in [4.69, 9.17) is 12.2 Å². The van der Waals surface area contributed by atoms with Crippen LogP contribution in [0.4, 0.5) is 0 Å². The van der Waals surface area contributed by atoms with E-state index in [1.807, 2.05) is 47.8 Å². The Morgan fingerprint density at radius 2 is 2.05 bits per heavy atom. The minimum Gasteiger partial charge on any atom is -0.250 e. The smallest absolute Gasteiger partial charge is 0.216 e. The number of hydrogen-bond acceptors (Lipinski definition) is 4. The predicted octanol–water partition coefficient (Wildman–Crippen LogP) is 3.55. The number of nitrogens with zero attached hydrogens (tertiary/aromatic N) is 3. The Morgan fingerprint density at radius 1 is 1.21 bits per heavy atom. The van der Waals surface area contributed by atoms with E-state index in [2.05, 4.69) is 15.3 Å². The minimum absolute atomic E-state index is 0.482. The Labute approximate surface area is 119 Å². The van der Waals surface area contributed by atoms with Gasteiger partial charge in [-0.2, -0.15) is 14.9 Å². The molecule has 6 heteroatoms. The van der Waals surface area contributed by atoms with Gasteiger partial charge in [-0.1, -0.05) is 36.4 Å². The number of rotatable bonds is 3. The maximum atomic E-state index is 5.20. The standard InChI is InChI=1S/C13H10N4S2/c18-13-16-15-12(11-7-4-8-19-11)17(13)14-9-10-5-2-1-3-6-10/h1-9H,(H,16,18)/b14-9+. The van der Waals surface area contributed by atoms with Gasteiger partial charge in [0, 0.05) is 0 Å². The zero-order chi connectivity index (χ0) is 13.1. The molecule has 3 rings (SSSR count). The van der Waals surface area contributed by atoms with Crippen LogP contribution in [-0.2, 0) is 0 Å². The monoisotopic (exact) mass is 286 g/mol. The van der Waals surface area contributed by atoms with E-state index in [9.17, 15) is 0 Å². The molecule has 2 aromatic heterocycles. The molecule has 1 aromatic carbocycles. The van der Waals surface area contributed by atoms with Crippen LogP contribution in [0.15, 0.2) is 52.9 Å². The molecule has 1 N–H and O–H groups in total. The number of benzene rings is 1. The molecule has 2 heterocycles. The van der Waals surface area contributed by atoms with Crippen LogP contribution in [0, 0.1) is 4.77 Å². The van der Waals surface area contributed by atoms with Gasteiger partial charge >= 0.3 is 0 Å². The lowest BCUT2D eigenvalue weighted by atomic mass is 10.2. The summed E-state index contributed by atoms with van der Waals surface area (Å²) in [5.74, 6) is 0.729. The van der Waals surface area contributed by atoms with E-state index in [0.717, 1.165) is 16.3 Å².